The van der Waals surface area contributed by atoms with Crippen LogP contribution in [-0.4, -0.2) is 23.7 Å². The standard InChI is InChI=1S/C32H31F2N3O4/c1-2-7-18-15-26(18)41-32(39)21-14-17-8-3-4-9-19(17)28(21)37-31(38)27-20-10-5-13-25(29(20)36-30(27)35)40-16-22-23(33)11-6-12-24(22)34/h3-6,8-13,18,20-21,26,28H,2,7,14-16,35H2,1H3,(H,37,38)/t18?,20?,21-,26?,28-/m1/s1. The van der Waals surface area contributed by atoms with Crippen molar-refractivity contribution in [1.29, 1.82) is 0 Å². The number of esters is 1. The van der Waals surface area contributed by atoms with Crippen LogP contribution < -0.4 is 11.1 Å². The summed E-state index contributed by atoms with van der Waals surface area (Å²) < 4.78 is 39.8. The van der Waals surface area contributed by atoms with Crippen LogP contribution in [0.1, 0.15) is 48.9 Å². The van der Waals surface area contributed by atoms with Crippen molar-refractivity contribution in [2.24, 2.45) is 28.5 Å². The highest BCUT2D eigenvalue weighted by Gasteiger charge is 2.46. The molecular formula is C32H31F2N3O4. The summed E-state index contributed by atoms with van der Waals surface area (Å²) in [6.45, 7) is 1.76. The van der Waals surface area contributed by atoms with E-state index in [9.17, 15) is 18.4 Å². The minimum absolute atomic E-state index is 0.0198. The number of nitrogens with one attached hydrogen (secondary N) is 1. The second-order valence-electron chi connectivity index (χ2n) is 10.9. The molecule has 1 amide bonds. The first-order valence-corrected chi connectivity index (χ1v) is 14.0. The predicted octanol–water partition coefficient (Wildman–Crippen LogP) is 4.94. The fourth-order valence-corrected chi connectivity index (χ4v) is 5.98. The third kappa shape index (κ3) is 5.16. The molecular weight excluding hydrogens is 528 g/mol. The molecule has 3 N–H and O–H groups in total. The number of hydrogen-bond donors (Lipinski definition) is 2. The van der Waals surface area contributed by atoms with Crippen LogP contribution in [0.25, 0.3) is 0 Å². The lowest BCUT2D eigenvalue weighted by atomic mass is 9.90. The zero-order valence-corrected chi connectivity index (χ0v) is 22.6. The van der Waals surface area contributed by atoms with Gasteiger partial charge in [-0.15, -0.1) is 0 Å². The molecule has 4 aliphatic rings. The molecule has 1 aliphatic heterocycles. The van der Waals surface area contributed by atoms with Crippen molar-refractivity contribution < 1.29 is 27.8 Å². The minimum atomic E-state index is -0.716. The van der Waals surface area contributed by atoms with Crippen molar-refractivity contribution in [3.63, 3.8) is 0 Å². The lowest BCUT2D eigenvalue weighted by molar-refractivity contribution is -0.151. The van der Waals surface area contributed by atoms with E-state index in [2.05, 4.69) is 17.2 Å². The molecule has 2 aromatic carbocycles. The van der Waals surface area contributed by atoms with Crippen molar-refractivity contribution in [3.8, 4) is 0 Å². The van der Waals surface area contributed by atoms with Gasteiger partial charge in [0, 0.05) is 0 Å². The summed E-state index contributed by atoms with van der Waals surface area (Å²) in [7, 11) is 0. The maximum absolute atomic E-state index is 14.1. The van der Waals surface area contributed by atoms with Gasteiger partial charge < -0.3 is 20.5 Å². The van der Waals surface area contributed by atoms with Crippen molar-refractivity contribution >= 4 is 17.6 Å². The van der Waals surface area contributed by atoms with Crippen molar-refractivity contribution in [1.82, 2.24) is 5.32 Å². The zero-order chi connectivity index (χ0) is 28.7. The van der Waals surface area contributed by atoms with E-state index in [0.717, 1.165) is 42.5 Å². The molecule has 0 bridgehead atoms. The molecule has 9 heteroatoms. The van der Waals surface area contributed by atoms with Crippen molar-refractivity contribution in [2.45, 2.75) is 51.4 Å². The topological polar surface area (TPSA) is 103 Å². The summed E-state index contributed by atoms with van der Waals surface area (Å²) in [5.74, 6) is -2.65. The number of carbonyl (C=O) groups is 2. The van der Waals surface area contributed by atoms with E-state index < -0.39 is 35.4 Å². The molecule has 0 saturated heterocycles. The van der Waals surface area contributed by atoms with Crippen molar-refractivity contribution in [2.75, 3.05) is 0 Å². The van der Waals surface area contributed by atoms with Gasteiger partial charge in [-0.25, -0.2) is 13.8 Å². The number of aliphatic imine (C=N–C) groups is 1. The van der Waals surface area contributed by atoms with Crippen LogP contribution in [0.5, 0.6) is 0 Å². The Hall–Kier alpha value is -4.27. The maximum atomic E-state index is 14.1. The van der Waals surface area contributed by atoms with E-state index in [4.69, 9.17) is 15.2 Å². The number of rotatable bonds is 9. The Bertz CT molecular complexity index is 1510. The number of ether oxygens (including phenoxy) is 2. The Labute approximate surface area is 236 Å². The van der Waals surface area contributed by atoms with E-state index >= 15 is 0 Å². The van der Waals surface area contributed by atoms with E-state index in [1.165, 1.54) is 6.07 Å². The maximum Gasteiger partial charge on any atom is 0.312 e. The fourth-order valence-electron chi connectivity index (χ4n) is 5.98. The van der Waals surface area contributed by atoms with Gasteiger partial charge in [-0.3, -0.25) is 9.59 Å². The molecule has 41 heavy (non-hydrogen) atoms. The van der Waals surface area contributed by atoms with Gasteiger partial charge in [0.1, 0.15) is 35.9 Å². The van der Waals surface area contributed by atoms with Gasteiger partial charge in [-0.2, -0.15) is 0 Å². The zero-order valence-electron chi connectivity index (χ0n) is 22.6. The Morgan fingerprint density at radius 2 is 1.90 bits per heavy atom. The average Bonchev–Trinajstić information content (AvgIpc) is 3.42. The molecule has 6 rings (SSSR count). The van der Waals surface area contributed by atoms with Gasteiger partial charge in [0.2, 0.25) is 0 Å². The van der Waals surface area contributed by atoms with E-state index in [1.54, 1.807) is 18.2 Å². The first-order valence-electron chi connectivity index (χ1n) is 14.0. The summed E-state index contributed by atoms with van der Waals surface area (Å²) in [6.07, 6.45) is 8.45. The molecule has 1 heterocycles. The molecule has 212 valence electrons. The summed E-state index contributed by atoms with van der Waals surface area (Å²) in [6, 6.07) is 10.7. The number of allylic oxidation sites excluding steroid dienone is 4. The second kappa shape index (κ2) is 11.0. The number of benzene rings is 2. The Kier molecular flexibility index (Phi) is 7.19. The third-order valence-electron chi connectivity index (χ3n) is 8.21. The Morgan fingerprint density at radius 1 is 1.12 bits per heavy atom. The van der Waals surface area contributed by atoms with E-state index in [0.29, 0.717) is 18.1 Å². The second-order valence-corrected chi connectivity index (χ2v) is 10.9. The molecule has 2 aromatic rings. The fraction of sp³-hybridized carbons (Fsp3) is 0.344. The Balaban J connectivity index is 1.17. The highest BCUT2D eigenvalue weighted by atomic mass is 19.1. The van der Waals surface area contributed by atoms with Gasteiger partial charge in [0.15, 0.2) is 0 Å². The quantitative estimate of drug-likeness (QED) is 0.424. The Morgan fingerprint density at radius 3 is 2.68 bits per heavy atom. The summed E-state index contributed by atoms with van der Waals surface area (Å²) in [5.41, 5.74) is 8.50. The van der Waals surface area contributed by atoms with Crippen LogP contribution in [0, 0.1) is 29.4 Å². The summed E-state index contributed by atoms with van der Waals surface area (Å²) in [4.78, 5) is 31.4. The molecule has 5 atom stereocenters. The first kappa shape index (κ1) is 26.9. The third-order valence-corrected chi connectivity index (χ3v) is 8.21. The number of hydrogen-bond acceptors (Lipinski definition) is 6. The van der Waals surface area contributed by atoms with Crippen LogP contribution in [0.2, 0.25) is 0 Å². The highest BCUT2D eigenvalue weighted by Crippen LogP contribution is 2.42. The van der Waals surface area contributed by atoms with Gasteiger partial charge in [-0.1, -0.05) is 55.8 Å². The molecule has 1 saturated carbocycles. The van der Waals surface area contributed by atoms with Crippen LogP contribution >= 0.6 is 0 Å². The number of nitrogens with two attached hydrogens (primary N) is 1. The first-order chi connectivity index (χ1) is 19.9. The molecule has 0 spiro atoms. The number of fused-ring (bicyclic) bond motifs is 2. The average molecular weight is 560 g/mol. The van der Waals surface area contributed by atoms with Gasteiger partial charge in [0.25, 0.3) is 5.91 Å². The van der Waals surface area contributed by atoms with E-state index in [-0.39, 0.29) is 41.4 Å². The van der Waals surface area contributed by atoms with Crippen LogP contribution in [-0.2, 0) is 32.1 Å². The molecule has 7 nitrogen and oxygen atoms in total. The van der Waals surface area contributed by atoms with Crippen LogP contribution in [0.15, 0.2) is 82.8 Å². The number of halogens is 2. The molecule has 0 radical (unpaired) electrons. The van der Waals surface area contributed by atoms with Crippen molar-refractivity contribution in [3.05, 3.63) is 106 Å². The lowest BCUT2D eigenvalue weighted by Gasteiger charge is -2.24. The van der Waals surface area contributed by atoms with Gasteiger partial charge in [0.05, 0.1) is 34.7 Å². The minimum Gasteiger partial charge on any atom is -0.487 e. The molecule has 1 fully saturated rings. The van der Waals surface area contributed by atoms with Crippen LogP contribution in [0.3, 0.4) is 0 Å². The predicted molar refractivity (Wildman–Crippen MR) is 148 cm³/mol. The van der Waals surface area contributed by atoms with E-state index in [1.807, 2.05) is 24.3 Å². The SMILES string of the molecule is CCCC1CC1OC(=O)[C@@H]1Cc2ccccc2[C@H]1NC(=O)C1=C(N)N=C2C(OCc3c(F)cccc3F)=CC=CC21. The monoisotopic (exact) mass is 559 g/mol. The smallest absolute Gasteiger partial charge is 0.312 e. The van der Waals surface area contributed by atoms with Gasteiger partial charge >= 0.3 is 5.97 Å². The van der Waals surface area contributed by atoms with Gasteiger partial charge in [-0.05, 0) is 54.5 Å². The normalized spacial score (nSPS) is 25.7. The molecule has 0 aromatic heterocycles. The van der Waals surface area contributed by atoms with Crippen LogP contribution in [0.4, 0.5) is 8.78 Å². The number of nitrogens with zero attached hydrogens (tertiary/aromatic N) is 1. The number of carbonyl (C=O) groups excluding carboxylic acids is 2. The number of amides is 1. The lowest BCUT2D eigenvalue weighted by Crippen LogP contribution is -2.38. The summed E-state index contributed by atoms with van der Waals surface area (Å²) >= 11 is 0. The molecule has 3 unspecified atom stereocenters. The molecule has 3 aliphatic carbocycles. The summed E-state index contributed by atoms with van der Waals surface area (Å²) in [5, 5.41) is 3.04. The largest absolute Gasteiger partial charge is 0.487 e. The highest BCUT2D eigenvalue weighted by molar-refractivity contribution is 6.13.